The molecule has 3 heteroatoms. The molecule has 3 nitrogen and oxygen atoms in total. The summed E-state index contributed by atoms with van der Waals surface area (Å²) in [5.74, 6) is 0. The normalized spacial score (nSPS) is 13.2. The highest BCUT2D eigenvalue weighted by Crippen LogP contribution is 1.93. The van der Waals surface area contributed by atoms with Gasteiger partial charge >= 0.3 is 0 Å². The van der Waals surface area contributed by atoms with E-state index in [-0.39, 0.29) is 0 Å². The average molecular weight is 189 g/mol. The first-order valence-corrected chi connectivity index (χ1v) is 5.30. The quantitative estimate of drug-likeness (QED) is 0.427. The summed E-state index contributed by atoms with van der Waals surface area (Å²) in [4.78, 5) is 0. The molecule has 0 aromatic heterocycles. The molecule has 0 aromatic rings. The minimum Gasteiger partial charge on any atom is -0.382 e. The molecule has 1 unspecified atom stereocenters. The van der Waals surface area contributed by atoms with Crippen LogP contribution in [0.1, 0.15) is 39.5 Å². The molecular weight excluding hydrogens is 166 g/mol. The van der Waals surface area contributed by atoms with Gasteiger partial charge in [0.1, 0.15) is 6.23 Å². The van der Waals surface area contributed by atoms with E-state index >= 15 is 0 Å². The molecule has 0 aliphatic heterocycles. The third-order valence-corrected chi connectivity index (χ3v) is 1.90. The van der Waals surface area contributed by atoms with Crippen LogP contribution in [0, 0.1) is 0 Å². The molecule has 0 saturated heterocycles. The topological polar surface area (TPSA) is 41.5 Å². The largest absolute Gasteiger partial charge is 0.382 e. The van der Waals surface area contributed by atoms with Crippen molar-refractivity contribution in [1.29, 1.82) is 0 Å². The number of hydrogen-bond acceptors (Lipinski definition) is 3. The number of ether oxygens (including phenoxy) is 1. The van der Waals surface area contributed by atoms with Crippen molar-refractivity contribution in [2.45, 2.75) is 45.8 Å². The highest BCUT2D eigenvalue weighted by Gasteiger charge is 2.00. The van der Waals surface area contributed by atoms with Crippen molar-refractivity contribution in [1.82, 2.24) is 5.32 Å². The Hall–Kier alpha value is -0.120. The van der Waals surface area contributed by atoms with Crippen molar-refractivity contribution in [3.63, 3.8) is 0 Å². The van der Waals surface area contributed by atoms with Crippen molar-refractivity contribution in [2.75, 3.05) is 19.8 Å². The van der Waals surface area contributed by atoms with Gasteiger partial charge in [0.2, 0.25) is 0 Å². The first-order valence-electron chi connectivity index (χ1n) is 5.30. The molecule has 0 radical (unpaired) electrons. The van der Waals surface area contributed by atoms with E-state index in [1.807, 2.05) is 6.92 Å². The predicted molar refractivity (Wildman–Crippen MR) is 54.6 cm³/mol. The van der Waals surface area contributed by atoms with Crippen LogP contribution in [-0.2, 0) is 4.74 Å². The van der Waals surface area contributed by atoms with Gasteiger partial charge in [-0.15, -0.1) is 0 Å². The summed E-state index contributed by atoms with van der Waals surface area (Å²) in [6.45, 7) is 6.40. The minimum absolute atomic E-state index is 0.400. The molecule has 0 aromatic carbocycles. The van der Waals surface area contributed by atoms with Crippen LogP contribution in [0.15, 0.2) is 0 Å². The molecule has 2 N–H and O–H groups in total. The van der Waals surface area contributed by atoms with Crippen molar-refractivity contribution in [3.8, 4) is 0 Å². The second kappa shape index (κ2) is 9.96. The number of hydrogen-bond donors (Lipinski definition) is 2. The Labute approximate surface area is 81.5 Å². The molecule has 0 rings (SSSR count). The van der Waals surface area contributed by atoms with Crippen molar-refractivity contribution >= 4 is 0 Å². The smallest absolute Gasteiger partial charge is 0.107 e. The number of nitrogens with one attached hydrogen (secondary N) is 1. The standard InChI is InChI=1S/C10H23NO2/c1-3-5-6-8-11-10(12)7-9-13-4-2/h10-12H,3-9H2,1-2H3. The molecular formula is C10H23NO2. The fraction of sp³-hybridized carbons (Fsp3) is 1.00. The summed E-state index contributed by atoms with van der Waals surface area (Å²) in [5.41, 5.74) is 0. The Bertz CT molecular complexity index is 98.9. The monoisotopic (exact) mass is 189 g/mol. The molecule has 13 heavy (non-hydrogen) atoms. The summed E-state index contributed by atoms with van der Waals surface area (Å²) in [6, 6.07) is 0. The van der Waals surface area contributed by atoms with Crippen LogP contribution < -0.4 is 5.32 Å². The van der Waals surface area contributed by atoms with E-state index in [2.05, 4.69) is 12.2 Å². The van der Waals surface area contributed by atoms with Crippen molar-refractivity contribution in [2.24, 2.45) is 0 Å². The van der Waals surface area contributed by atoms with E-state index in [0.717, 1.165) is 19.6 Å². The molecule has 0 aliphatic rings. The second-order valence-corrected chi connectivity index (χ2v) is 3.16. The van der Waals surface area contributed by atoms with Gasteiger partial charge in [-0.2, -0.15) is 0 Å². The summed E-state index contributed by atoms with van der Waals surface area (Å²) >= 11 is 0. The Balaban J connectivity index is 3.05. The van der Waals surface area contributed by atoms with E-state index in [1.165, 1.54) is 12.8 Å². The van der Waals surface area contributed by atoms with Gasteiger partial charge in [0.25, 0.3) is 0 Å². The lowest BCUT2D eigenvalue weighted by molar-refractivity contribution is 0.0705. The van der Waals surface area contributed by atoms with E-state index in [0.29, 0.717) is 13.0 Å². The number of aliphatic hydroxyl groups excluding tert-OH is 1. The fourth-order valence-electron chi connectivity index (χ4n) is 1.09. The van der Waals surface area contributed by atoms with Crippen LogP contribution in [0.4, 0.5) is 0 Å². The molecule has 0 saturated carbocycles. The Morgan fingerprint density at radius 2 is 2.08 bits per heavy atom. The summed E-state index contributed by atoms with van der Waals surface area (Å²) in [5, 5.41) is 12.4. The van der Waals surface area contributed by atoms with Gasteiger partial charge < -0.3 is 9.84 Å². The molecule has 0 heterocycles. The Morgan fingerprint density at radius 1 is 1.31 bits per heavy atom. The van der Waals surface area contributed by atoms with Crippen LogP contribution in [0.25, 0.3) is 0 Å². The average Bonchev–Trinajstić information content (AvgIpc) is 2.13. The third-order valence-electron chi connectivity index (χ3n) is 1.90. The highest BCUT2D eigenvalue weighted by atomic mass is 16.5. The zero-order chi connectivity index (χ0) is 9.94. The SMILES string of the molecule is CCCCCNC(O)CCOCC. The second-order valence-electron chi connectivity index (χ2n) is 3.16. The first kappa shape index (κ1) is 12.9. The van der Waals surface area contributed by atoms with Gasteiger partial charge in [0.05, 0.1) is 6.61 Å². The van der Waals surface area contributed by atoms with Gasteiger partial charge in [-0.05, 0) is 19.9 Å². The van der Waals surface area contributed by atoms with Crippen LogP contribution >= 0.6 is 0 Å². The van der Waals surface area contributed by atoms with Crippen LogP contribution in [0.2, 0.25) is 0 Å². The zero-order valence-electron chi connectivity index (χ0n) is 8.88. The van der Waals surface area contributed by atoms with E-state index < -0.39 is 6.23 Å². The van der Waals surface area contributed by atoms with Crippen molar-refractivity contribution < 1.29 is 9.84 Å². The number of unbranched alkanes of at least 4 members (excludes halogenated alkanes) is 2. The number of aliphatic hydroxyl groups is 1. The Kier molecular flexibility index (Phi) is 9.87. The van der Waals surface area contributed by atoms with Crippen molar-refractivity contribution in [3.05, 3.63) is 0 Å². The maximum Gasteiger partial charge on any atom is 0.107 e. The molecule has 1 atom stereocenters. The summed E-state index contributed by atoms with van der Waals surface area (Å²) in [7, 11) is 0. The van der Waals surface area contributed by atoms with Gasteiger partial charge in [-0.25, -0.2) is 0 Å². The van der Waals surface area contributed by atoms with E-state index in [4.69, 9.17) is 4.74 Å². The zero-order valence-corrected chi connectivity index (χ0v) is 8.88. The van der Waals surface area contributed by atoms with Gasteiger partial charge in [0, 0.05) is 13.0 Å². The van der Waals surface area contributed by atoms with Crippen LogP contribution in [0.3, 0.4) is 0 Å². The lowest BCUT2D eigenvalue weighted by Crippen LogP contribution is -2.30. The third kappa shape index (κ3) is 9.80. The van der Waals surface area contributed by atoms with Crippen LogP contribution in [0.5, 0.6) is 0 Å². The maximum atomic E-state index is 9.38. The summed E-state index contributed by atoms with van der Waals surface area (Å²) < 4.78 is 5.13. The first-order chi connectivity index (χ1) is 6.31. The highest BCUT2D eigenvalue weighted by molar-refractivity contribution is 4.53. The Morgan fingerprint density at radius 3 is 2.69 bits per heavy atom. The minimum atomic E-state index is -0.400. The molecule has 0 spiro atoms. The molecule has 0 bridgehead atoms. The van der Waals surface area contributed by atoms with Crippen LogP contribution in [-0.4, -0.2) is 31.1 Å². The molecule has 0 fully saturated rings. The molecule has 0 aliphatic carbocycles. The van der Waals surface area contributed by atoms with Gasteiger partial charge in [-0.3, -0.25) is 5.32 Å². The lowest BCUT2D eigenvalue weighted by atomic mass is 10.2. The molecule has 80 valence electrons. The number of rotatable bonds is 9. The predicted octanol–water partition coefficient (Wildman–Crippen LogP) is 1.51. The summed E-state index contributed by atoms with van der Waals surface area (Å²) in [6.07, 6.45) is 3.87. The van der Waals surface area contributed by atoms with E-state index in [9.17, 15) is 5.11 Å². The fourth-order valence-corrected chi connectivity index (χ4v) is 1.09. The van der Waals surface area contributed by atoms with Gasteiger partial charge in [0.15, 0.2) is 0 Å². The maximum absolute atomic E-state index is 9.38. The van der Waals surface area contributed by atoms with E-state index in [1.54, 1.807) is 0 Å². The lowest BCUT2D eigenvalue weighted by Gasteiger charge is -2.12. The van der Waals surface area contributed by atoms with Gasteiger partial charge in [-0.1, -0.05) is 19.8 Å². The molecule has 0 amide bonds.